The second-order valence-corrected chi connectivity index (χ2v) is 5.05. The average Bonchev–Trinajstić information content (AvgIpc) is 2.85. The van der Waals surface area contributed by atoms with Gasteiger partial charge in [-0.15, -0.1) is 0 Å². The number of thioether (sulfide) groups is 1. The van der Waals surface area contributed by atoms with E-state index >= 15 is 0 Å². The number of imidazole rings is 1. The number of anilines is 1. The standard InChI is InChI=1S/C10H7ClN4O2S/c11-4-1-6-7(13-9(17)12-6)2-5(4)14-10-15-8(16)3-18-10/h1-2H,3H2,(H2,12,13,17)(H,14,15,16). The lowest BCUT2D eigenvalue weighted by Gasteiger charge is -2.06. The van der Waals surface area contributed by atoms with E-state index in [4.69, 9.17) is 11.6 Å². The number of nitrogens with one attached hydrogen (secondary N) is 3. The summed E-state index contributed by atoms with van der Waals surface area (Å²) in [7, 11) is 0. The van der Waals surface area contributed by atoms with E-state index < -0.39 is 0 Å². The molecule has 0 spiro atoms. The number of halogens is 1. The molecule has 0 bridgehead atoms. The predicted octanol–water partition coefficient (Wildman–Crippen LogP) is 1.55. The zero-order chi connectivity index (χ0) is 12.7. The van der Waals surface area contributed by atoms with E-state index in [0.29, 0.717) is 32.7 Å². The van der Waals surface area contributed by atoms with Crippen molar-refractivity contribution in [3.05, 3.63) is 27.6 Å². The van der Waals surface area contributed by atoms with E-state index in [1.54, 1.807) is 12.1 Å². The van der Waals surface area contributed by atoms with Crippen molar-refractivity contribution in [3.8, 4) is 0 Å². The van der Waals surface area contributed by atoms with Crippen LogP contribution in [0.15, 0.2) is 21.9 Å². The first-order valence-electron chi connectivity index (χ1n) is 5.05. The molecule has 0 atom stereocenters. The van der Waals surface area contributed by atoms with Crippen LogP contribution in [0.2, 0.25) is 5.02 Å². The predicted molar refractivity (Wildman–Crippen MR) is 72.5 cm³/mol. The Morgan fingerprint density at radius 2 is 2.00 bits per heavy atom. The van der Waals surface area contributed by atoms with Crippen LogP contribution >= 0.6 is 23.4 Å². The number of aliphatic imine (C=N–C) groups is 1. The topological polar surface area (TPSA) is 90.1 Å². The maximum absolute atomic E-state index is 11.2. The number of fused-ring (bicyclic) bond motifs is 1. The van der Waals surface area contributed by atoms with Crippen molar-refractivity contribution in [1.82, 2.24) is 9.97 Å². The van der Waals surface area contributed by atoms with Gasteiger partial charge in [0.15, 0.2) is 5.17 Å². The molecule has 1 aromatic carbocycles. The zero-order valence-electron chi connectivity index (χ0n) is 8.91. The summed E-state index contributed by atoms with van der Waals surface area (Å²) >= 11 is 7.40. The summed E-state index contributed by atoms with van der Waals surface area (Å²) in [5.41, 5.74) is 1.58. The van der Waals surface area contributed by atoms with Gasteiger partial charge in [0.2, 0.25) is 0 Å². The second-order valence-electron chi connectivity index (χ2n) is 3.68. The van der Waals surface area contributed by atoms with Crippen LogP contribution in [0.3, 0.4) is 0 Å². The number of aromatic nitrogens is 2. The lowest BCUT2D eigenvalue weighted by molar-refractivity contribution is -0.115. The molecular formula is C10H7ClN4O2S. The number of H-pyrrole nitrogens is 2. The summed E-state index contributed by atoms with van der Waals surface area (Å²) in [5.74, 6) is 0.165. The molecule has 0 saturated carbocycles. The minimum atomic E-state index is -0.291. The SMILES string of the molecule is O=C1CSC(Nc2cc3[nH]c(=O)[nH]c3cc2Cl)=N1. The highest BCUT2D eigenvalue weighted by atomic mass is 35.5. The van der Waals surface area contributed by atoms with Gasteiger partial charge < -0.3 is 15.3 Å². The Bertz CT molecular complexity index is 733. The fourth-order valence-corrected chi connectivity index (χ4v) is 2.52. The molecule has 0 saturated heterocycles. The molecule has 0 aliphatic carbocycles. The van der Waals surface area contributed by atoms with Crippen molar-refractivity contribution in [3.63, 3.8) is 0 Å². The Morgan fingerprint density at radius 3 is 2.67 bits per heavy atom. The first-order chi connectivity index (χ1) is 8.61. The Labute approximate surface area is 110 Å². The van der Waals surface area contributed by atoms with Crippen molar-refractivity contribution in [1.29, 1.82) is 0 Å². The molecule has 1 amide bonds. The Balaban J connectivity index is 2.01. The lowest BCUT2D eigenvalue weighted by Crippen LogP contribution is -2.05. The molecule has 0 unspecified atom stereocenters. The highest BCUT2D eigenvalue weighted by Crippen LogP contribution is 2.27. The molecular weight excluding hydrogens is 276 g/mol. The zero-order valence-corrected chi connectivity index (χ0v) is 10.5. The molecule has 8 heteroatoms. The van der Waals surface area contributed by atoms with E-state index in [0.717, 1.165) is 0 Å². The minimum Gasteiger partial charge on any atom is -0.333 e. The third kappa shape index (κ3) is 2.02. The van der Waals surface area contributed by atoms with Gasteiger partial charge in [-0.3, -0.25) is 4.79 Å². The summed E-state index contributed by atoms with van der Waals surface area (Å²) in [6, 6.07) is 3.33. The molecule has 1 aliphatic rings. The second kappa shape index (κ2) is 4.18. The van der Waals surface area contributed by atoms with E-state index in [9.17, 15) is 9.59 Å². The quantitative estimate of drug-likeness (QED) is 0.740. The van der Waals surface area contributed by atoms with Gasteiger partial charge in [-0.2, -0.15) is 4.99 Å². The number of carbonyl (C=O) groups is 1. The van der Waals surface area contributed by atoms with Gasteiger partial charge in [-0.1, -0.05) is 23.4 Å². The summed E-state index contributed by atoms with van der Waals surface area (Å²) < 4.78 is 0. The van der Waals surface area contributed by atoms with Crippen LogP contribution in [0, 0.1) is 0 Å². The van der Waals surface area contributed by atoms with Crippen LogP contribution in [-0.4, -0.2) is 26.8 Å². The number of hydrogen-bond donors (Lipinski definition) is 3. The maximum atomic E-state index is 11.2. The van der Waals surface area contributed by atoms with Crippen molar-refractivity contribution in [2.24, 2.45) is 4.99 Å². The molecule has 6 nitrogen and oxygen atoms in total. The number of amidine groups is 1. The molecule has 3 rings (SSSR count). The van der Waals surface area contributed by atoms with E-state index in [1.807, 2.05) is 0 Å². The molecule has 92 valence electrons. The van der Waals surface area contributed by atoms with Crippen molar-refractivity contribution >= 4 is 51.2 Å². The highest BCUT2D eigenvalue weighted by Gasteiger charge is 2.16. The van der Waals surface area contributed by atoms with Gasteiger partial charge in [0.25, 0.3) is 5.91 Å². The minimum absolute atomic E-state index is 0.172. The van der Waals surface area contributed by atoms with Crippen LogP contribution in [0.5, 0.6) is 0 Å². The van der Waals surface area contributed by atoms with Crippen LogP contribution in [0.4, 0.5) is 5.69 Å². The number of amides is 1. The van der Waals surface area contributed by atoms with Crippen molar-refractivity contribution in [2.45, 2.75) is 0 Å². The highest BCUT2D eigenvalue weighted by molar-refractivity contribution is 8.15. The van der Waals surface area contributed by atoms with Gasteiger partial charge in [-0.25, -0.2) is 4.79 Å². The summed E-state index contributed by atoms with van der Waals surface area (Å²) in [6.45, 7) is 0. The van der Waals surface area contributed by atoms with Crippen molar-refractivity contribution in [2.75, 3.05) is 11.1 Å². The number of nitrogens with zero attached hydrogens (tertiary/aromatic N) is 1. The third-order valence-electron chi connectivity index (χ3n) is 2.40. The molecule has 2 heterocycles. The van der Waals surface area contributed by atoms with Crippen LogP contribution < -0.4 is 11.0 Å². The summed E-state index contributed by atoms with van der Waals surface area (Å²) in [6.07, 6.45) is 0. The molecule has 0 radical (unpaired) electrons. The molecule has 0 fully saturated rings. The molecule has 2 aromatic rings. The fraction of sp³-hybridized carbons (Fsp3) is 0.100. The van der Waals surface area contributed by atoms with E-state index in [2.05, 4.69) is 20.3 Å². The molecule has 3 N–H and O–H groups in total. The van der Waals surface area contributed by atoms with E-state index in [-0.39, 0.29) is 11.6 Å². The van der Waals surface area contributed by atoms with Gasteiger partial charge >= 0.3 is 5.69 Å². The number of carbonyl (C=O) groups excluding carboxylic acids is 1. The van der Waals surface area contributed by atoms with Gasteiger partial charge in [0.05, 0.1) is 27.5 Å². The maximum Gasteiger partial charge on any atom is 0.323 e. The lowest BCUT2D eigenvalue weighted by atomic mass is 10.3. The van der Waals surface area contributed by atoms with E-state index in [1.165, 1.54) is 11.8 Å². The van der Waals surface area contributed by atoms with Crippen LogP contribution in [0.1, 0.15) is 0 Å². The van der Waals surface area contributed by atoms with Gasteiger partial charge in [0.1, 0.15) is 0 Å². The van der Waals surface area contributed by atoms with Crippen molar-refractivity contribution < 1.29 is 4.79 Å². The molecule has 1 aromatic heterocycles. The fourth-order valence-electron chi connectivity index (χ4n) is 1.64. The first kappa shape index (κ1) is 11.4. The number of hydrogen-bond acceptors (Lipinski definition) is 4. The van der Waals surface area contributed by atoms with Gasteiger partial charge in [-0.05, 0) is 12.1 Å². The molecule has 18 heavy (non-hydrogen) atoms. The first-order valence-corrected chi connectivity index (χ1v) is 6.41. The normalized spacial score (nSPS) is 15.2. The summed E-state index contributed by atoms with van der Waals surface area (Å²) in [5, 5.41) is 3.92. The number of benzene rings is 1. The summed E-state index contributed by atoms with van der Waals surface area (Å²) in [4.78, 5) is 31.2. The third-order valence-corrected chi connectivity index (χ3v) is 3.57. The monoisotopic (exact) mass is 282 g/mol. The smallest absolute Gasteiger partial charge is 0.323 e. The Kier molecular flexibility index (Phi) is 2.64. The average molecular weight is 283 g/mol. The van der Waals surface area contributed by atoms with Gasteiger partial charge in [0, 0.05) is 0 Å². The number of aromatic amines is 2. The van der Waals surface area contributed by atoms with Crippen LogP contribution in [0.25, 0.3) is 11.0 Å². The number of rotatable bonds is 1. The molecule has 1 aliphatic heterocycles. The Hall–Kier alpha value is -1.73. The van der Waals surface area contributed by atoms with Crippen LogP contribution in [-0.2, 0) is 4.79 Å². The largest absolute Gasteiger partial charge is 0.333 e. The Morgan fingerprint density at radius 1 is 1.28 bits per heavy atom.